The van der Waals surface area contributed by atoms with Crippen LogP contribution >= 0.6 is 11.8 Å². The molecule has 0 aliphatic heterocycles. The van der Waals surface area contributed by atoms with Gasteiger partial charge in [0.2, 0.25) is 0 Å². The van der Waals surface area contributed by atoms with Gasteiger partial charge in [-0.15, -0.1) is 5.10 Å². The molecule has 2 rings (SSSR count). The molecule has 2 aromatic rings. The summed E-state index contributed by atoms with van der Waals surface area (Å²) in [6, 6.07) is 1.89. The summed E-state index contributed by atoms with van der Waals surface area (Å²) in [5.41, 5.74) is 5.39. The van der Waals surface area contributed by atoms with Gasteiger partial charge in [0.1, 0.15) is 5.82 Å². The third-order valence-electron chi connectivity index (χ3n) is 2.61. The van der Waals surface area contributed by atoms with Crippen molar-refractivity contribution in [2.45, 2.75) is 38.0 Å². The van der Waals surface area contributed by atoms with Crippen LogP contribution in [0.5, 0.6) is 0 Å². The number of anilines is 1. The second-order valence-corrected chi connectivity index (χ2v) is 5.54. The molecular formula is C11H18N6OS. The van der Waals surface area contributed by atoms with Gasteiger partial charge in [-0.05, 0) is 26.3 Å². The lowest BCUT2D eigenvalue weighted by Crippen LogP contribution is -2.19. The molecule has 7 nitrogen and oxygen atoms in total. The van der Waals surface area contributed by atoms with Gasteiger partial charge in [-0.1, -0.05) is 11.8 Å². The predicted octanol–water partition coefficient (Wildman–Crippen LogP) is 1.11. The van der Waals surface area contributed by atoms with Crippen molar-refractivity contribution in [3.63, 3.8) is 0 Å². The highest BCUT2D eigenvalue weighted by molar-refractivity contribution is 7.99. The molecule has 0 atom stereocenters. The Labute approximate surface area is 115 Å². The average Bonchev–Trinajstić information content (AvgIpc) is 2.91. The molecule has 0 aliphatic carbocycles. The molecule has 0 aromatic carbocycles. The number of aryl methyl sites for hydroxylation is 1. The van der Waals surface area contributed by atoms with Crippen molar-refractivity contribution in [2.24, 2.45) is 0 Å². The largest absolute Gasteiger partial charge is 0.382 e. The Hall–Kier alpha value is -1.70. The first-order valence-corrected chi connectivity index (χ1v) is 7.15. The van der Waals surface area contributed by atoms with Crippen LogP contribution in [0.25, 0.3) is 0 Å². The van der Waals surface area contributed by atoms with Gasteiger partial charge < -0.3 is 5.73 Å². The van der Waals surface area contributed by atoms with E-state index in [1.54, 1.807) is 22.4 Å². The molecule has 0 saturated heterocycles. The Balaban J connectivity index is 1.84. The summed E-state index contributed by atoms with van der Waals surface area (Å²) in [5, 5.41) is 11.4. The lowest BCUT2D eigenvalue weighted by atomic mass is 10.4. The Bertz CT molecular complexity index is 584. The number of H-pyrrole nitrogens is 1. The molecule has 0 fully saturated rings. The minimum Gasteiger partial charge on any atom is -0.382 e. The molecule has 0 unspecified atom stereocenters. The number of aromatic nitrogens is 5. The number of nitrogens with one attached hydrogen (secondary N) is 1. The van der Waals surface area contributed by atoms with Gasteiger partial charge in [0.15, 0.2) is 5.16 Å². The van der Waals surface area contributed by atoms with Gasteiger partial charge in [-0.3, -0.25) is 9.25 Å². The summed E-state index contributed by atoms with van der Waals surface area (Å²) < 4.78 is 3.48. The molecule has 0 bridgehead atoms. The van der Waals surface area contributed by atoms with Crippen molar-refractivity contribution >= 4 is 17.6 Å². The monoisotopic (exact) mass is 282 g/mol. The van der Waals surface area contributed by atoms with Crippen molar-refractivity contribution in [2.75, 3.05) is 11.5 Å². The maximum atomic E-state index is 11.5. The Morgan fingerprint density at radius 3 is 2.95 bits per heavy atom. The van der Waals surface area contributed by atoms with Gasteiger partial charge >= 0.3 is 5.69 Å². The lowest BCUT2D eigenvalue weighted by molar-refractivity contribution is 0.533. The quantitative estimate of drug-likeness (QED) is 0.611. The highest BCUT2D eigenvalue weighted by atomic mass is 32.2. The first-order valence-electron chi connectivity index (χ1n) is 6.16. The number of aromatic amines is 1. The van der Waals surface area contributed by atoms with Crippen molar-refractivity contribution in [1.29, 1.82) is 0 Å². The summed E-state index contributed by atoms with van der Waals surface area (Å²) in [6.07, 6.45) is 2.80. The van der Waals surface area contributed by atoms with Crippen molar-refractivity contribution in [3.8, 4) is 0 Å². The zero-order valence-corrected chi connectivity index (χ0v) is 11.9. The third-order valence-corrected chi connectivity index (χ3v) is 3.65. The van der Waals surface area contributed by atoms with Crippen LogP contribution in [0.4, 0.5) is 5.82 Å². The van der Waals surface area contributed by atoms with Gasteiger partial charge in [-0.25, -0.2) is 9.89 Å². The summed E-state index contributed by atoms with van der Waals surface area (Å²) in [5.74, 6) is 1.41. The van der Waals surface area contributed by atoms with Crippen LogP contribution in [0.1, 0.15) is 26.3 Å². The Morgan fingerprint density at radius 2 is 2.32 bits per heavy atom. The first-order chi connectivity index (χ1) is 9.08. The highest BCUT2D eigenvalue weighted by Gasteiger charge is 2.11. The van der Waals surface area contributed by atoms with Crippen LogP contribution < -0.4 is 11.4 Å². The average molecular weight is 282 g/mol. The van der Waals surface area contributed by atoms with Crippen molar-refractivity contribution < 1.29 is 0 Å². The standard InChI is InChI=1S/C11H18N6OS/c1-8(2)17-10(18)13-14-11(17)19-7-3-5-16-6-4-9(12)15-16/h4,6,8H,3,5,7H2,1-2H3,(H2,12,15)(H,13,18). The van der Waals surface area contributed by atoms with E-state index >= 15 is 0 Å². The van der Waals surface area contributed by atoms with E-state index in [1.807, 2.05) is 24.7 Å². The summed E-state index contributed by atoms with van der Waals surface area (Å²) in [7, 11) is 0. The molecule has 2 heterocycles. The van der Waals surface area contributed by atoms with Crippen molar-refractivity contribution in [1.82, 2.24) is 24.5 Å². The van der Waals surface area contributed by atoms with Crippen LogP contribution in [-0.4, -0.2) is 30.3 Å². The fraction of sp³-hybridized carbons (Fsp3) is 0.545. The SMILES string of the molecule is CC(C)n1c(SCCCn2ccc(N)n2)n[nH]c1=O. The zero-order chi connectivity index (χ0) is 13.8. The number of nitrogens with two attached hydrogens (primary N) is 1. The number of hydrogen-bond donors (Lipinski definition) is 2. The lowest BCUT2D eigenvalue weighted by Gasteiger charge is -2.08. The molecular weight excluding hydrogens is 264 g/mol. The van der Waals surface area contributed by atoms with Crippen LogP contribution in [0, 0.1) is 0 Å². The molecule has 0 aliphatic rings. The molecule has 2 aromatic heterocycles. The first kappa shape index (κ1) is 13.7. The number of nitrogens with zero attached hydrogens (tertiary/aromatic N) is 4. The van der Waals surface area contributed by atoms with E-state index in [0.29, 0.717) is 5.82 Å². The number of nitrogen functional groups attached to an aromatic ring is 1. The van der Waals surface area contributed by atoms with E-state index in [4.69, 9.17) is 5.73 Å². The highest BCUT2D eigenvalue weighted by Crippen LogP contribution is 2.17. The molecule has 0 amide bonds. The van der Waals surface area contributed by atoms with E-state index in [-0.39, 0.29) is 11.7 Å². The van der Waals surface area contributed by atoms with E-state index in [9.17, 15) is 4.79 Å². The number of thioether (sulfide) groups is 1. The van der Waals surface area contributed by atoms with Crippen LogP contribution in [-0.2, 0) is 6.54 Å². The molecule has 3 N–H and O–H groups in total. The van der Waals surface area contributed by atoms with E-state index in [2.05, 4.69) is 15.3 Å². The molecule has 8 heteroatoms. The van der Waals surface area contributed by atoms with Crippen molar-refractivity contribution in [3.05, 3.63) is 22.7 Å². The van der Waals surface area contributed by atoms with Crippen LogP contribution in [0.3, 0.4) is 0 Å². The minimum absolute atomic E-state index is 0.111. The number of rotatable bonds is 6. The summed E-state index contributed by atoms with van der Waals surface area (Å²) in [6.45, 7) is 4.74. The number of hydrogen-bond acceptors (Lipinski definition) is 5. The molecule has 0 radical (unpaired) electrons. The van der Waals surface area contributed by atoms with Gasteiger partial charge in [0.05, 0.1) is 0 Å². The maximum Gasteiger partial charge on any atom is 0.344 e. The Kier molecular flexibility index (Phi) is 4.31. The van der Waals surface area contributed by atoms with E-state index < -0.39 is 0 Å². The van der Waals surface area contributed by atoms with Gasteiger partial charge in [0, 0.05) is 24.5 Å². The Morgan fingerprint density at radius 1 is 1.53 bits per heavy atom. The van der Waals surface area contributed by atoms with Gasteiger partial charge in [0.25, 0.3) is 0 Å². The fourth-order valence-corrected chi connectivity index (χ4v) is 2.74. The molecule has 19 heavy (non-hydrogen) atoms. The fourth-order valence-electron chi connectivity index (χ4n) is 1.74. The second-order valence-electron chi connectivity index (χ2n) is 4.48. The summed E-state index contributed by atoms with van der Waals surface area (Å²) in [4.78, 5) is 11.5. The topological polar surface area (TPSA) is 94.5 Å². The van der Waals surface area contributed by atoms with E-state index in [0.717, 1.165) is 23.9 Å². The zero-order valence-electron chi connectivity index (χ0n) is 11.0. The van der Waals surface area contributed by atoms with Crippen LogP contribution in [0.15, 0.2) is 22.2 Å². The van der Waals surface area contributed by atoms with Gasteiger partial charge in [-0.2, -0.15) is 5.10 Å². The maximum absolute atomic E-state index is 11.5. The molecule has 0 spiro atoms. The normalized spacial score (nSPS) is 11.3. The summed E-state index contributed by atoms with van der Waals surface area (Å²) >= 11 is 1.57. The predicted molar refractivity (Wildman–Crippen MR) is 75.2 cm³/mol. The van der Waals surface area contributed by atoms with Crippen LogP contribution in [0.2, 0.25) is 0 Å². The molecule has 0 saturated carbocycles. The van der Waals surface area contributed by atoms with E-state index in [1.165, 1.54) is 0 Å². The second kappa shape index (κ2) is 5.96. The minimum atomic E-state index is -0.155. The molecule has 104 valence electrons. The smallest absolute Gasteiger partial charge is 0.344 e. The third kappa shape index (κ3) is 3.40.